The van der Waals surface area contributed by atoms with E-state index in [1.54, 1.807) is 23.2 Å². The summed E-state index contributed by atoms with van der Waals surface area (Å²) in [4.78, 5) is 31.0. The Hall–Kier alpha value is -1.74. The molecular weight excluding hydrogens is 374 g/mol. The molecule has 2 amide bonds. The first-order chi connectivity index (χ1) is 12.9. The Bertz CT molecular complexity index is 694. The maximum Gasteiger partial charge on any atom is 0.248 e. The molecule has 0 radical (unpaired) electrons. The van der Waals surface area contributed by atoms with Crippen LogP contribution in [0.3, 0.4) is 0 Å². The number of aromatic nitrogens is 1. The van der Waals surface area contributed by atoms with Gasteiger partial charge in [-0.15, -0.1) is 0 Å². The minimum atomic E-state index is -2.65. The van der Waals surface area contributed by atoms with Crippen LogP contribution < -0.4 is 10.5 Å². The Kier molecular flexibility index (Phi) is 6.31. The van der Waals surface area contributed by atoms with Crippen LogP contribution in [0.4, 0.5) is 14.5 Å². The fourth-order valence-electron chi connectivity index (χ4n) is 3.73. The van der Waals surface area contributed by atoms with Crippen LogP contribution in [0.2, 0.25) is 0 Å². The van der Waals surface area contributed by atoms with E-state index in [-0.39, 0.29) is 49.3 Å². The van der Waals surface area contributed by atoms with Crippen molar-refractivity contribution in [2.75, 3.05) is 18.4 Å². The number of hydrogen-bond donors (Lipinski definition) is 2. The predicted octanol–water partition coefficient (Wildman–Crippen LogP) is 3.05. The van der Waals surface area contributed by atoms with Gasteiger partial charge in [-0.1, -0.05) is 0 Å². The van der Waals surface area contributed by atoms with Crippen LogP contribution in [0.5, 0.6) is 0 Å². The average Bonchev–Trinajstić information content (AvgIpc) is 2.67. The zero-order chi connectivity index (χ0) is 19.4. The van der Waals surface area contributed by atoms with E-state index < -0.39 is 5.92 Å². The van der Waals surface area contributed by atoms with Crippen molar-refractivity contribution < 1.29 is 18.4 Å². The van der Waals surface area contributed by atoms with Crippen LogP contribution in [0.1, 0.15) is 38.5 Å². The Morgan fingerprint density at radius 2 is 2.00 bits per heavy atom. The quantitative estimate of drug-likeness (QED) is 0.761. The Labute approximate surface area is 161 Å². The second kappa shape index (κ2) is 8.52. The van der Waals surface area contributed by atoms with E-state index in [1.807, 2.05) is 0 Å². The molecule has 1 aliphatic heterocycles. The van der Waals surface area contributed by atoms with Crippen LogP contribution in [0.15, 0.2) is 23.4 Å². The summed E-state index contributed by atoms with van der Waals surface area (Å²) in [5, 5.41) is 8.93. The highest BCUT2D eigenvalue weighted by Gasteiger charge is 2.39. The number of carbonyl (C=O) groups excluding carboxylic acids is 2. The molecule has 3 N–H and O–H groups in total. The Morgan fingerprint density at radius 3 is 2.70 bits per heavy atom. The number of rotatable bonds is 4. The Morgan fingerprint density at radius 1 is 1.26 bits per heavy atom. The molecule has 1 saturated carbocycles. The maximum atomic E-state index is 13.3. The number of nitrogens with one attached hydrogen (secondary N) is 1. The van der Waals surface area contributed by atoms with E-state index in [4.69, 9.17) is 5.14 Å². The monoisotopic (exact) mass is 398 g/mol. The number of likely N-dealkylation sites (tertiary alicyclic amines) is 1. The zero-order valence-corrected chi connectivity index (χ0v) is 15.8. The molecule has 2 aliphatic rings. The predicted molar refractivity (Wildman–Crippen MR) is 99.1 cm³/mol. The van der Waals surface area contributed by atoms with Crippen molar-refractivity contribution in [2.45, 2.75) is 49.5 Å². The fraction of sp³-hybridized carbons (Fsp3) is 0.611. The third-order valence-electron chi connectivity index (χ3n) is 5.29. The van der Waals surface area contributed by atoms with Gasteiger partial charge in [0.2, 0.25) is 17.7 Å². The lowest BCUT2D eigenvalue weighted by molar-refractivity contribution is -0.142. The lowest BCUT2D eigenvalue weighted by atomic mass is 9.85. The molecule has 9 heteroatoms. The van der Waals surface area contributed by atoms with E-state index in [0.717, 1.165) is 18.4 Å². The van der Waals surface area contributed by atoms with E-state index in [0.29, 0.717) is 30.2 Å². The Balaban J connectivity index is 1.57. The van der Waals surface area contributed by atoms with Gasteiger partial charge in [0.25, 0.3) is 0 Å². The van der Waals surface area contributed by atoms with Crippen molar-refractivity contribution in [3.05, 3.63) is 18.3 Å². The van der Waals surface area contributed by atoms with E-state index in [2.05, 4.69) is 10.3 Å². The maximum absolute atomic E-state index is 13.3. The number of amides is 2. The molecule has 0 aromatic carbocycles. The van der Waals surface area contributed by atoms with Crippen LogP contribution in [-0.4, -0.2) is 40.7 Å². The first-order valence-corrected chi connectivity index (χ1v) is 10.1. The smallest absolute Gasteiger partial charge is 0.248 e. The molecule has 6 nitrogen and oxygen atoms in total. The molecule has 1 aromatic rings. The number of carbonyl (C=O) groups is 2. The lowest BCUT2D eigenvalue weighted by Gasteiger charge is -2.36. The van der Waals surface area contributed by atoms with E-state index in [1.165, 1.54) is 0 Å². The van der Waals surface area contributed by atoms with Crippen molar-refractivity contribution in [3.63, 3.8) is 0 Å². The fourth-order valence-corrected chi connectivity index (χ4v) is 4.05. The number of alkyl halides is 2. The number of pyridine rings is 1. The molecule has 1 aromatic heterocycles. The summed E-state index contributed by atoms with van der Waals surface area (Å²) >= 11 is 0.997. The third-order valence-corrected chi connectivity index (χ3v) is 5.76. The number of nitrogens with zero attached hydrogens (tertiary/aromatic N) is 2. The molecule has 1 saturated heterocycles. The van der Waals surface area contributed by atoms with Gasteiger partial charge in [-0.25, -0.2) is 13.8 Å². The summed E-state index contributed by atoms with van der Waals surface area (Å²) < 4.78 is 26.6. The van der Waals surface area contributed by atoms with Gasteiger partial charge in [0.05, 0.1) is 5.92 Å². The van der Waals surface area contributed by atoms with Gasteiger partial charge in [0, 0.05) is 43.7 Å². The van der Waals surface area contributed by atoms with Gasteiger partial charge in [-0.2, -0.15) is 0 Å². The number of halogens is 2. The molecule has 1 atom stereocenters. The standard InChI is InChI=1S/C18H24F2N4O2S/c19-18(20)6-3-12(4-7-18)17(26)24-9-1-2-13(11-24)16(25)23-14-5-8-22-15(10-14)27-21/h5,8,10,12-13H,1-4,6-7,9,11,21H2,(H,22,23,25). The van der Waals surface area contributed by atoms with Gasteiger partial charge in [-0.3, -0.25) is 14.7 Å². The molecule has 1 aliphatic carbocycles. The summed E-state index contributed by atoms with van der Waals surface area (Å²) in [5.41, 5.74) is 0.612. The van der Waals surface area contributed by atoms with E-state index in [9.17, 15) is 18.4 Å². The normalized spacial score (nSPS) is 23.1. The molecular formula is C18H24F2N4O2S. The second-order valence-corrected chi connectivity index (χ2v) is 7.90. The summed E-state index contributed by atoms with van der Waals surface area (Å²) in [6, 6.07) is 3.38. The molecule has 27 heavy (non-hydrogen) atoms. The highest BCUT2D eigenvalue weighted by Crippen LogP contribution is 2.37. The topological polar surface area (TPSA) is 88.3 Å². The minimum Gasteiger partial charge on any atom is -0.342 e. The van der Waals surface area contributed by atoms with Gasteiger partial charge >= 0.3 is 0 Å². The van der Waals surface area contributed by atoms with Crippen molar-refractivity contribution in [2.24, 2.45) is 17.0 Å². The first kappa shape index (κ1) is 20.0. The molecule has 0 bridgehead atoms. The number of anilines is 1. The zero-order valence-electron chi connectivity index (χ0n) is 15.0. The van der Waals surface area contributed by atoms with Crippen LogP contribution in [0, 0.1) is 11.8 Å². The molecule has 1 unspecified atom stereocenters. The van der Waals surface area contributed by atoms with Crippen molar-refractivity contribution in [3.8, 4) is 0 Å². The third kappa shape index (κ3) is 5.16. The van der Waals surface area contributed by atoms with Crippen LogP contribution in [0.25, 0.3) is 0 Å². The molecule has 3 rings (SSSR count). The molecule has 148 valence electrons. The summed E-state index contributed by atoms with van der Waals surface area (Å²) in [6.07, 6.45) is 2.97. The summed E-state index contributed by atoms with van der Waals surface area (Å²) in [6.45, 7) is 0.917. The van der Waals surface area contributed by atoms with Crippen LogP contribution in [-0.2, 0) is 9.59 Å². The lowest BCUT2D eigenvalue weighted by Crippen LogP contribution is -2.47. The van der Waals surface area contributed by atoms with Gasteiger partial charge in [0.1, 0.15) is 5.03 Å². The summed E-state index contributed by atoms with van der Waals surface area (Å²) in [7, 11) is 0. The number of hydrogen-bond acceptors (Lipinski definition) is 5. The largest absolute Gasteiger partial charge is 0.342 e. The highest BCUT2D eigenvalue weighted by atomic mass is 32.2. The van der Waals surface area contributed by atoms with Crippen LogP contribution >= 0.6 is 11.9 Å². The molecule has 2 fully saturated rings. The summed E-state index contributed by atoms with van der Waals surface area (Å²) in [5.74, 6) is -3.55. The number of nitrogens with two attached hydrogens (primary N) is 1. The minimum absolute atomic E-state index is 0.0891. The van der Waals surface area contributed by atoms with Gasteiger partial charge in [0.15, 0.2) is 0 Å². The SMILES string of the molecule is NSc1cc(NC(=O)C2CCCN(C(=O)C3CCC(F)(F)CC3)C2)ccn1. The molecule has 2 heterocycles. The number of piperidine rings is 1. The first-order valence-electron chi connectivity index (χ1n) is 9.18. The van der Waals surface area contributed by atoms with E-state index >= 15 is 0 Å². The van der Waals surface area contributed by atoms with Crippen molar-refractivity contribution in [1.29, 1.82) is 0 Å². The van der Waals surface area contributed by atoms with Gasteiger partial charge < -0.3 is 10.2 Å². The highest BCUT2D eigenvalue weighted by molar-refractivity contribution is 7.97. The second-order valence-electron chi connectivity index (χ2n) is 7.24. The van der Waals surface area contributed by atoms with Crippen molar-refractivity contribution >= 4 is 29.4 Å². The average molecular weight is 398 g/mol. The molecule has 0 spiro atoms. The van der Waals surface area contributed by atoms with Gasteiger partial charge in [-0.05, 0) is 49.8 Å². The van der Waals surface area contributed by atoms with Crippen molar-refractivity contribution in [1.82, 2.24) is 9.88 Å².